The monoisotopic (exact) mass is 293 g/mol. The molecule has 0 bridgehead atoms. The van der Waals surface area contributed by atoms with E-state index in [2.05, 4.69) is 28.5 Å². The van der Waals surface area contributed by atoms with E-state index < -0.39 is 0 Å². The van der Waals surface area contributed by atoms with Crippen LogP contribution in [0.3, 0.4) is 0 Å². The second-order valence-electron chi connectivity index (χ2n) is 5.28. The molecule has 1 aromatic heterocycles. The van der Waals surface area contributed by atoms with Gasteiger partial charge in [0.25, 0.3) is 0 Å². The van der Waals surface area contributed by atoms with Crippen LogP contribution in [0, 0.1) is 0 Å². The van der Waals surface area contributed by atoms with Crippen LogP contribution < -0.4 is 5.32 Å². The Morgan fingerprint density at radius 1 is 1.00 bits per heavy atom. The first-order valence-electron chi connectivity index (χ1n) is 7.35. The van der Waals surface area contributed by atoms with Crippen LogP contribution in [0.25, 0.3) is 22.2 Å². The molecular weight excluding hydrogens is 274 g/mol. The molecule has 1 heterocycles. The number of nitrogens with one attached hydrogen (secondary N) is 1. The predicted molar refractivity (Wildman–Crippen MR) is 89.9 cm³/mol. The summed E-state index contributed by atoms with van der Waals surface area (Å²) in [6, 6.07) is 18.4. The van der Waals surface area contributed by atoms with Gasteiger partial charge in [-0.2, -0.15) is 0 Å². The average molecular weight is 293 g/mol. The van der Waals surface area contributed by atoms with E-state index in [0.717, 1.165) is 22.2 Å². The molecule has 4 nitrogen and oxygen atoms in total. The third-order valence-electron chi connectivity index (χ3n) is 3.44. The molecule has 0 aliphatic rings. The minimum absolute atomic E-state index is 0.148. The summed E-state index contributed by atoms with van der Waals surface area (Å²) in [5.41, 5.74) is 2.96. The van der Waals surface area contributed by atoms with Crippen LogP contribution in [-0.4, -0.2) is 29.7 Å². The van der Waals surface area contributed by atoms with Crippen LogP contribution in [-0.2, 0) is 4.74 Å². The highest BCUT2D eigenvalue weighted by Crippen LogP contribution is 2.27. The van der Waals surface area contributed by atoms with Gasteiger partial charge in [0, 0.05) is 24.1 Å². The van der Waals surface area contributed by atoms with E-state index in [-0.39, 0.29) is 6.04 Å². The van der Waals surface area contributed by atoms with E-state index in [1.54, 1.807) is 7.11 Å². The zero-order valence-corrected chi connectivity index (χ0v) is 12.8. The molecule has 0 aliphatic carbocycles. The maximum absolute atomic E-state index is 5.16. The molecule has 22 heavy (non-hydrogen) atoms. The Hall–Kier alpha value is -2.46. The zero-order chi connectivity index (χ0) is 15.4. The van der Waals surface area contributed by atoms with Gasteiger partial charge < -0.3 is 10.1 Å². The number of benzene rings is 2. The lowest BCUT2D eigenvalue weighted by molar-refractivity contribution is 0.190. The van der Waals surface area contributed by atoms with Crippen molar-refractivity contribution in [2.75, 3.05) is 19.0 Å². The fourth-order valence-electron chi connectivity index (χ4n) is 2.47. The van der Waals surface area contributed by atoms with E-state index in [1.165, 1.54) is 0 Å². The molecule has 3 rings (SSSR count). The Balaban J connectivity index is 2.09. The van der Waals surface area contributed by atoms with Crippen molar-refractivity contribution < 1.29 is 4.74 Å². The van der Waals surface area contributed by atoms with Gasteiger partial charge in [-0.3, -0.25) is 0 Å². The van der Waals surface area contributed by atoms with Crippen molar-refractivity contribution in [2.45, 2.75) is 13.0 Å². The molecule has 0 aliphatic heterocycles. The number of rotatable bonds is 5. The maximum atomic E-state index is 5.16. The van der Waals surface area contributed by atoms with Crippen LogP contribution in [0.1, 0.15) is 6.92 Å². The summed E-state index contributed by atoms with van der Waals surface area (Å²) in [6.07, 6.45) is 0. The quantitative estimate of drug-likeness (QED) is 0.778. The van der Waals surface area contributed by atoms with Crippen LogP contribution >= 0.6 is 0 Å². The molecule has 0 radical (unpaired) electrons. The van der Waals surface area contributed by atoms with Crippen molar-refractivity contribution in [3.8, 4) is 11.3 Å². The van der Waals surface area contributed by atoms with E-state index in [1.807, 2.05) is 43.3 Å². The van der Waals surface area contributed by atoms with Crippen molar-refractivity contribution in [1.82, 2.24) is 9.97 Å². The molecule has 1 N–H and O–H groups in total. The molecule has 4 heteroatoms. The summed E-state index contributed by atoms with van der Waals surface area (Å²) in [5, 5.41) is 4.35. The Morgan fingerprint density at radius 2 is 1.73 bits per heavy atom. The summed E-state index contributed by atoms with van der Waals surface area (Å²) in [6.45, 7) is 2.65. The standard InChI is InChI=1S/C18H19N3O/c1-13(12-22-2)19-18-20-16-11-7-6-10-15(16)17(21-18)14-8-4-3-5-9-14/h3-11,13H,12H2,1-2H3,(H,19,20,21). The van der Waals surface area contributed by atoms with Gasteiger partial charge in [-0.1, -0.05) is 48.5 Å². The molecule has 3 aromatic rings. The third kappa shape index (κ3) is 3.07. The topological polar surface area (TPSA) is 47.0 Å². The molecule has 0 spiro atoms. The van der Waals surface area contributed by atoms with Gasteiger partial charge in [0.15, 0.2) is 0 Å². The van der Waals surface area contributed by atoms with E-state index >= 15 is 0 Å². The fraction of sp³-hybridized carbons (Fsp3) is 0.222. The van der Waals surface area contributed by atoms with E-state index in [9.17, 15) is 0 Å². The first kappa shape index (κ1) is 14.5. The number of hydrogen-bond acceptors (Lipinski definition) is 4. The largest absolute Gasteiger partial charge is 0.383 e. The fourth-order valence-corrected chi connectivity index (χ4v) is 2.47. The van der Waals surface area contributed by atoms with Gasteiger partial charge in [-0.15, -0.1) is 0 Å². The second-order valence-corrected chi connectivity index (χ2v) is 5.28. The Bertz CT molecular complexity index is 759. The molecule has 112 valence electrons. The summed E-state index contributed by atoms with van der Waals surface area (Å²) < 4.78 is 5.16. The highest BCUT2D eigenvalue weighted by Gasteiger charge is 2.11. The van der Waals surface area contributed by atoms with E-state index in [4.69, 9.17) is 9.72 Å². The molecule has 0 amide bonds. The van der Waals surface area contributed by atoms with Crippen molar-refractivity contribution in [3.63, 3.8) is 0 Å². The molecule has 0 fully saturated rings. The molecule has 1 unspecified atom stereocenters. The van der Waals surface area contributed by atoms with Gasteiger partial charge >= 0.3 is 0 Å². The second kappa shape index (κ2) is 6.54. The smallest absolute Gasteiger partial charge is 0.224 e. The van der Waals surface area contributed by atoms with Crippen LogP contribution in [0.4, 0.5) is 5.95 Å². The summed E-state index contributed by atoms with van der Waals surface area (Å²) in [5.74, 6) is 0.627. The van der Waals surface area contributed by atoms with E-state index in [0.29, 0.717) is 12.6 Å². The molecule has 2 aromatic carbocycles. The van der Waals surface area contributed by atoms with Crippen LogP contribution in [0.15, 0.2) is 54.6 Å². The lowest BCUT2D eigenvalue weighted by atomic mass is 10.1. The van der Waals surface area contributed by atoms with Crippen molar-refractivity contribution >= 4 is 16.9 Å². The highest BCUT2D eigenvalue weighted by atomic mass is 16.5. The van der Waals surface area contributed by atoms with Gasteiger partial charge in [0.05, 0.1) is 17.8 Å². The number of nitrogens with zero attached hydrogens (tertiary/aromatic N) is 2. The lowest BCUT2D eigenvalue weighted by Gasteiger charge is -2.14. The van der Waals surface area contributed by atoms with Crippen LogP contribution in [0.5, 0.6) is 0 Å². The summed E-state index contributed by atoms with van der Waals surface area (Å²) in [4.78, 5) is 9.32. The highest BCUT2D eigenvalue weighted by molar-refractivity contribution is 5.93. The van der Waals surface area contributed by atoms with Crippen LogP contribution in [0.2, 0.25) is 0 Å². The summed E-state index contributed by atoms with van der Waals surface area (Å²) in [7, 11) is 1.69. The Labute approximate surface area is 130 Å². The van der Waals surface area contributed by atoms with Gasteiger partial charge in [-0.05, 0) is 13.0 Å². The number of ether oxygens (including phenoxy) is 1. The number of methoxy groups -OCH3 is 1. The van der Waals surface area contributed by atoms with Gasteiger partial charge in [0.2, 0.25) is 5.95 Å². The number of anilines is 1. The number of aromatic nitrogens is 2. The molecular formula is C18H19N3O. The minimum atomic E-state index is 0.148. The average Bonchev–Trinajstić information content (AvgIpc) is 2.55. The zero-order valence-electron chi connectivity index (χ0n) is 12.8. The maximum Gasteiger partial charge on any atom is 0.224 e. The molecule has 0 saturated heterocycles. The van der Waals surface area contributed by atoms with Gasteiger partial charge in [0.1, 0.15) is 0 Å². The summed E-state index contributed by atoms with van der Waals surface area (Å²) >= 11 is 0. The minimum Gasteiger partial charge on any atom is -0.383 e. The number of hydrogen-bond donors (Lipinski definition) is 1. The normalized spacial score (nSPS) is 12.3. The third-order valence-corrected chi connectivity index (χ3v) is 3.44. The van der Waals surface area contributed by atoms with Crippen molar-refractivity contribution in [1.29, 1.82) is 0 Å². The number of fused-ring (bicyclic) bond motifs is 1. The van der Waals surface area contributed by atoms with Crippen molar-refractivity contribution in [2.24, 2.45) is 0 Å². The SMILES string of the molecule is COCC(C)Nc1nc(-c2ccccc2)c2ccccc2n1. The molecule has 0 saturated carbocycles. The molecule has 1 atom stereocenters. The van der Waals surface area contributed by atoms with Gasteiger partial charge in [-0.25, -0.2) is 9.97 Å². The predicted octanol–water partition coefficient (Wildman–Crippen LogP) is 3.74. The lowest BCUT2D eigenvalue weighted by Crippen LogP contribution is -2.22. The van der Waals surface area contributed by atoms with Crippen molar-refractivity contribution in [3.05, 3.63) is 54.6 Å². The number of para-hydroxylation sites is 1. The Morgan fingerprint density at radius 3 is 2.50 bits per heavy atom. The Kier molecular flexibility index (Phi) is 4.30. The first-order valence-corrected chi connectivity index (χ1v) is 7.35. The first-order chi connectivity index (χ1) is 10.8.